The van der Waals surface area contributed by atoms with Crippen LogP contribution in [0, 0.1) is 0 Å². The van der Waals surface area contributed by atoms with Gasteiger partial charge in [0.2, 0.25) is 0 Å². The first-order valence-corrected chi connectivity index (χ1v) is 12.6. The third-order valence-corrected chi connectivity index (χ3v) is 7.11. The van der Waals surface area contributed by atoms with Crippen LogP contribution in [-0.2, 0) is 6.54 Å². The first kappa shape index (κ1) is 23.0. The van der Waals surface area contributed by atoms with E-state index in [0.29, 0.717) is 16.9 Å². The summed E-state index contributed by atoms with van der Waals surface area (Å²) >= 11 is 0. The topological polar surface area (TPSA) is 113 Å². The number of carbonyl (C=O) groups excluding carboxylic acids is 1. The van der Waals surface area contributed by atoms with Crippen molar-refractivity contribution < 1.29 is 14.7 Å². The Balaban J connectivity index is 1.32. The number of imidazole rings is 2. The Morgan fingerprint density at radius 3 is 2.57 bits per heavy atom. The summed E-state index contributed by atoms with van der Waals surface area (Å²) in [6.07, 6.45) is 5.64. The molecule has 0 aliphatic heterocycles. The molecule has 2 aromatic heterocycles. The van der Waals surface area contributed by atoms with Crippen molar-refractivity contribution in [3.8, 4) is 11.4 Å². The van der Waals surface area contributed by atoms with E-state index in [2.05, 4.69) is 19.9 Å². The van der Waals surface area contributed by atoms with Crippen molar-refractivity contribution in [2.45, 2.75) is 44.7 Å². The van der Waals surface area contributed by atoms with Gasteiger partial charge in [-0.05, 0) is 55.3 Å². The van der Waals surface area contributed by atoms with Gasteiger partial charge in [0, 0.05) is 17.2 Å². The zero-order valence-corrected chi connectivity index (χ0v) is 20.3. The number of fused-ring (bicyclic) bond motifs is 2. The van der Waals surface area contributed by atoms with Gasteiger partial charge in [-0.2, -0.15) is 0 Å². The third-order valence-electron chi connectivity index (χ3n) is 7.11. The van der Waals surface area contributed by atoms with E-state index in [4.69, 9.17) is 4.98 Å². The largest absolute Gasteiger partial charge is 0.478 e. The van der Waals surface area contributed by atoms with Gasteiger partial charge in [-0.3, -0.25) is 4.79 Å². The predicted molar refractivity (Wildman–Crippen MR) is 142 cm³/mol. The number of para-hydroxylation sites is 2. The summed E-state index contributed by atoms with van der Waals surface area (Å²) in [5.41, 5.74) is 4.94. The number of carboxylic acids is 1. The van der Waals surface area contributed by atoms with Crippen molar-refractivity contribution in [2.75, 3.05) is 0 Å². The fourth-order valence-electron chi connectivity index (χ4n) is 5.30. The second kappa shape index (κ2) is 9.54. The molecule has 0 bridgehead atoms. The molecule has 8 heteroatoms. The number of aromatic carboxylic acids is 1. The van der Waals surface area contributed by atoms with Crippen molar-refractivity contribution in [2.24, 2.45) is 0 Å². The highest BCUT2D eigenvalue weighted by molar-refractivity contribution is 5.96. The quantitative estimate of drug-likeness (QED) is 0.280. The van der Waals surface area contributed by atoms with Crippen LogP contribution in [0.4, 0.5) is 0 Å². The summed E-state index contributed by atoms with van der Waals surface area (Å²) in [6, 6.07) is 20.6. The number of nitrogens with zero attached hydrogens (tertiary/aromatic N) is 3. The molecule has 1 aliphatic carbocycles. The molecule has 0 unspecified atom stereocenters. The van der Waals surface area contributed by atoms with E-state index in [9.17, 15) is 14.7 Å². The molecule has 0 radical (unpaired) electrons. The zero-order valence-electron chi connectivity index (χ0n) is 20.3. The van der Waals surface area contributed by atoms with Crippen LogP contribution in [0.5, 0.6) is 0 Å². The normalized spacial score (nSPS) is 14.3. The summed E-state index contributed by atoms with van der Waals surface area (Å²) < 4.78 is 2.24. The Labute approximate surface area is 213 Å². The van der Waals surface area contributed by atoms with Gasteiger partial charge in [0.25, 0.3) is 5.91 Å². The molecule has 3 aromatic carbocycles. The summed E-state index contributed by atoms with van der Waals surface area (Å²) in [4.78, 5) is 37.2. The van der Waals surface area contributed by atoms with Crippen molar-refractivity contribution in [1.82, 2.24) is 24.8 Å². The molecule has 2 heterocycles. The zero-order chi connectivity index (χ0) is 25.4. The Morgan fingerprint density at radius 2 is 1.76 bits per heavy atom. The van der Waals surface area contributed by atoms with E-state index < -0.39 is 5.97 Å². The van der Waals surface area contributed by atoms with Crippen LogP contribution in [0.2, 0.25) is 0 Å². The summed E-state index contributed by atoms with van der Waals surface area (Å²) in [6.45, 7) is 0.288. The van der Waals surface area contributed by atoms with Crippen LogP contribution in [-0.4, -0.2) is 36.5 Å². The van der Waals surface area contributed by atoms with Crippen molar-refractivity contribution >= 4 is 33.9 Å². The number of carbonyl (C=O) groups is 2. The molecule has 1 fully saturated rings. The lowest BCUT2D eigenvalue weighted by molar-refractivity contribution is 0.0696. The molecule has 1 saturated carbocycles. The van der Waals surface area contributed by atoms with Gasteiger partial charge in [-0.1, -0.05) is 43.5 Å². The highest BCUT2D eigenvalue weighted by atomic mass is 16.4. The monoisotopic (exact) mass is 493 g/mol. The molecule has 6 rings (SSSR count). The van der Waals surface area contributed by atoms with Crippen LogP contribution >= 0.6 is 0 Å². The minimum atomic E-state index is -0.973. The SMILES string of the molecule is O=C(O)c1ccc2c(c1)nc(-c1cccc(C(=O)NCc3nc4ccccc4[nH]3)c1)n2C1CCCCC1. The summed E-state index contributed by atoms with van der Waals surface area (Å²) in [5, 5.41) is 12.4. The average Bonchev–Trinajstić information content (AvgIpc) is 3.53. The molecule has 0 spiro atoms. The van der Waals surface area contributed by atoms with E-state index in [1.54, 1.807) is 18.2 Å². The van der Waals surface area contributed by atoms with Crippen LogP contribution in [0.15, 0.2) is 66.7 Å². The molecule has 37 heavy (non-hydrogen) atoms. The fraction of sp³-hybridized carbons (Fsp3) is 0.241. The van der Waals surface area contributed by atoms with E-state index >= 15 is 0 Å². The van der Waals surface area contributed by atoms with Crippen molar-refractivity contribution in [3.63, 3.8) is 0 Å². The number of hydrogen-bond acceptors (Lipinski definition) is 4. The van der Waals surface area contributed by atoms with Crippen LogP contribution in [0.25, 0.3) is 33.5 Å². The van der Waals surface area contributed by atoms with Gasteiger partial charge in [0.15, 0.2) is 0 Å². The minimum absolute atomic E-state index is 0.198. The minimum Gasteiger partial charge on any atom is -0.478 e. The maximum absolute atomic E-state index is 13.0. The molecule has 186 valence electrons. The molecular weight excluding hydrogens is 466 g/mol. The lowest BCUT2D eigenvalue weighted by Crippen LogP contribution is -2.23. The maximum Gasteiger partial charge on any atom is 0.335 e. The number of H-pyrrole nitrogens is 1. The second-order valence-corrected chi connectivity index (χ2v) is 9.57. The van der Waals surface area contributed by atoms with Gasteiger partial charge in [-0.25, -0.2) is 14.8 Å². The lowest BCUT2D eigenvalue weighted by Gasteiger charge is -2.25. The van der Waals surface area contributed by atoms with Crippen LogP contribution in [0.1, 0.15) is 64.7 Å². The summed E-state index contributed by atoms with van der Waals surface area (Å²) in [5.74, 6) is 0.282. The molecule has 8 nitrogen and oxygen atoms in total. The number of benzene rings is 3. The van der Waals surface area contributed by atoms with Gasteiger partial charge < -0.3 is 20.0 Å². The first-order valence-electron chi connectivity index (χ1n) is 12.6. The number of aromatic amines is 1. The molecule has 3 N–H and O–H groups in total. The van der Waals surface area contributed by atoms with Crippen molar-refractivity contribution in [1.29, 1.82) is 0 Å². The maximum atomic E-state index is 13.0. The third kappa shape index (κ3) is 4.46. The molecular formula is C29H27N5O3. The number of carboxylic acid groups (broad SMARTS) is 1. The number of nitrogens with one attached hydrogen (secondary N) is 2. The molecule has 1 amide bonds. The number of rotatable bonds is 6. The Morgan fingerprint density at radius 1 is 0.919 bits per heavy atom. The highest BCUT2D eigenvalue weighted by Crippen LogP contribution is 2.36. The lowest BCUT2D eigenvalue weighted by atomic mass is 9.94. The number of amides is 1. The van der Waals surface area contributed by atoms with Gasteiger partial charge in [0.1, 0.15) is 11.6 Å². The first-order chi connectivity index (χ1) is 18.1. The highest BCUT2D eigenvalue weighted by Gasteiger charge is 2.23. The van der Waals surface area contributed by atoms with E-state index in [1.807, 2.05) is 48.5 Å². The number of aromatic nitrogens is 4. The molecule has 1 aliphatic rings. The van der Waals surface area contributed by atoms with E-state index in [1.165, 1.54) is 6.42 Å². The van der Waals surface area contributed by atoms with Crippen LogP contribution < -0.4 is 5.32 Å². The van der Waals surface area contributed by atoms with Crippen molar-refractivity contribution in [3.05, 3.63) is 83.7 Å². The smallest absolute Gasteiger partial charge is 0.335 e. The fourth-order valence-corrected chi connectivity index (χ4v) is 5.30. The van der Waals surface area contributed by atoms with Gasteiger partial charge in [-0.15, -0.1) is 0 Å². The van der Waals surface area contributed by atoms with E-state index in [0.717, 1.165) is 53.6 Å². The Hall–Kier alpha value is -4.46. The average molecular weight is 494 g/mol. The molecule has 0 atom stereocenters. The second-order valence-electron chi connectivity index (χ2n) is 9.57. The summed E-state index contributed by atoms with van der Waals surface area (Å²) in [7, 11) is 0. The standard InChI is InChI=1S/C29H27N5O3/c35-28(30-17-26-31-22-11-4-5-12-23(22)32-26)19-8-6-7-18(15-19)27-33-24-16-20(29(36)37)13-14-25(24)34(27)21-9-2-1-3-10-21/h4-8,11-16,21H,1-3,9-10,17H2,(H,30,35)(H,31,32)(H,36,37). The number of hydrogen-bond donors (Lipinski definition) is 3. The van der Waals surface area contributed by atoms with E-state index in [-0.39, 0.29) is 24.1 Å². The molecule has 5 aromatic rings. The Kier molecular flexibility index (Phi) is 5.92. The van der Waals surface area contributed by atoms with Gasteiger partial charge >= 0.3 is 5.97 Å². The molecule has 0 saturated heterocycles. The van der Waals surface area contributed by atoms with Gasteiger partial charge in [0.05, 0.1) is 34.2 Å². The van der Waals surface area contributed by atoms with Crippen LogP contribution in [0.3, 0.4) is 0 Å². The predicted octanol–water partition coefficient (Wildman–Crippen LogP) is 5.71. The Bertz CT molecular complexity index is 1590.